The summed E-state index contributed by atoms with van der Waals surface area (Å²) in [5.74, 6) is 0. The second-order valence-electron chi connectivity index (χ2n) is 2.84. The maximum Gasteiger partial charge on any atom is 0.131 e. The zero-order valence-electron chi connectivity index (χ0n) is 7.77. The van der Waals surface area contributed by atoms with Crippen molar-refractivity contribution >= 4 is 34.2 Å². The number of hydrogen-bond acceptors (Lipinski definition) is 2. The lowest BCUT2D eigenvalue weighted by atomic mass is 10.2. The van der Waals surface area contributed by atoms with E-state index in [4.69, 9.17) is 11.6 Å². The van der Waals surface area contributed by atoms with Crippen molar-refractivity contribution in [2.45, 2.75) is 13.5 Å². The van der Waals surface area contributed by atoms with Gasteiger partial charge in [0, 0.05) is 30.1 Å². The van der Waals surface area contributed by atoms with E-state index >= 15 is 0 Å². The van der Waals surface area contributed by atoms with Crippen LogP contribution in [0.1, 0.15) is 11.3 Å². The van der Waals surface area contributed by atoms with Gasteiger partial charge in [-0.15, -0.1) is 0 Å². The minimum atomic E-state index is 0.735. The molecule has 1 aromatic heterocycles. The summed E-state index contributed by atoms with van der Waals surface area (Å²) < 4.78 is 2.81. The molecule has 0 radical (unpaired) electrons. The van der Waals surface area contributed by atoms with E-state index in [2.05, 4.69) is 33.0 Å². The second-order valence-corrected chi connectivity index (χ2v) is 4.28. The Morgan fingerprint density at radius 3 is 2.77 bits per heavy atom. The summed E-state index contributed by atoms with van der Waals surface area (Å²) >= 11 is 8.39. The van der Waals surface area contributed by atoms with Gasteiger partial charge in [0.05, 0.1) is 5.69 Å². The fourth-order valence-electron chi connectivity index (χ4n) is 1.15. The number of aromatic nitrogens is 2. The van der Waals surface area contributed by atoms with Gasteiger partial charge in [0.15, 0.2) is 0 Å². The van der Waals surface area contributed by atoms with Crippen molar-refractivity contribution in [1.29, 1.82) is 0 Å². The molecule has 5 heteroatoms. The molecule has 3 nitrogen and oxygen atoms in total. The van der Waals surface area contributed by atoms with Gasteiger partial charge < -0.3 is 5.32 Å². The van der Waals surface area contributed by atoms with Crippen LogP contribution in [-0.4, -0.2) is 20.8 Å². The Labute approximate surface area is 97.0 Å². The van der Waals surface area contributed by atoms with E-state index < -0.39 is 0 Å². The van der Waals surface area contributed by atoms with Crippen molar-refractivity contribution in [2.75, 3.05) is 11.0 Å². The van der Waals surface area contributed by atoms with Gasteiger partial charge in [-0.05, 0) is 6.92 Å². The molecule has 0 aliphatic rings. The lowest BCUT2D eigenvalue weighted by Crippen LogP contribution is -2.16. The standard InChI is InChI=1S/C8H13ClIN3/c1-6-7(5-11-4-3-10)8(9)13(2)12-6/h11H,3-5H2,1-2H3. The van der Waals surface area contributed by atoms with E-state index in [9.17, 15) is 0 Å². The Bertz CT molecular complexity index is 285. The number of halogens is 2. The molecule has 13 heavy (non-hydrogen) atoms. The summed E-state index contributed by atoms with van der Waals surface area (Å²) in [7, 11) is 1.86. The van der Waals surface area contributed by atoms with E-state index in [0.29, 0.717) is 0 Å². The summed E-state index contributed by atoms with van der Waals surface area (Å²) in [5.41, 5.74) is 2.11. The van der Waals surface area contributed by atoms with Gasteiger partial charge in [0.1, 0.15) is 5.15 Å². The van der Waals surface area contributed by atoms with Crippen LogP contribution in [0.25, 0.3) is 0 Å². The van der Waals surface area contributed by atoms with Crippen molar-refractivity contribution in [3.63, 3.8) is 0 Å². The first-order valence-electron chi connectivity index (χ1n) is 4.11. The quantitative estimate of drug-likeness (QED) is 0.523. The van der Waals surface area contributed by atoms with E-state index in [1.54, 1.807) is 4.68 Å². The molecule has 1 rings (SSSR count). The third-order valence-electron chi connectivity index (χ3n) is 1.84. The molecule has 0 fully saturated rings. The predicted molar refractivity (Wildman–Crippen MR) is 63.5 cm³/mol. The van der Waals surface area contributed by atoms with Crippen LogP contribution in [0.3, 0.4) is 0 Å². The van der Waals surface area contributed by atoms with Crippen LogP contribution in [-0.2, 0) is 13.6 Å². The van der Waals surface area contributed by atoms with E-state index in [1.807, 2.05) is 14.0 Å². The Hall–Kier alpha value is 0.190. The first kappa shape index (κ1) is 11.3. The molecule has 1 aromatic rings. The fraction of sp³-hybridized carbons (Fsp3) is 0.625. The monoisotopic (exact) mass is 313 g/mol. The smallest absolute Gasteiger partial charge is 0.131 e. The number of nitrogens with one attached hydrogen (secondary N) is 1. The topological polar surface area (TPSA) is 29.9 Å². The van der Waals surface area contributed by atoms with Crippen molar-refractivity contribution in [3.8, 4) is 0 Å². The van der Waals surface area contributed by atoms with Crippen LogP contribution in [0, 0.1) is 6.92 Å². The first-order valence-corrected chi connectivity index (χ1v) is 6.01. The predicted octanol–water partition coefficient (Wildman–Crippen LogP) is 1.91. The average molecular weight is 314 g/mol. The molecular weight excluding hydrogens is 300 g/mol. The molecule has 1 heterocycles. The number of hydrogen-bond donors (Lipinski definition) is 1. The zero-order valence-corrected chi connectivity index (χ0v) is 10.7. The lowest BCUT2D eigenvalue weighted by Gasteiger charge is -2.01. The lowest BCUT2D eigenvalue weighted by molar-refractivity contribution is 0.732. The molecule has 0 atom stereocenters. The number of alkyl halides is 1. The molecule has 0 bridgehead atoms. The summed E-state index contributed by atoms with van der Waals surface area (Å²) in [5, 5.41) is 8.27. The van der Waals surface area contributed by atoms with Gasteiger partial charge in [-0.3, -0.25) is 4.68 Å². The first-order chi connectivity index (χ1) is 6.16. The minimum absolute atomic E-state index is 0.735. The highest BCUT2D eigenvalue weighted by Crippen LogP contribution is 2.17. The van der Waals surface area contributed by atoms with Crippen molar-refractivity contribution in [1.82, 2.24) is 15.1 Å². The molecular formula is C8H13ClIN3. The molecule has 1 N–H and O–H groups in total. The van der Waals surface area contributed by atoms with Gasteiger partial charge in [-0.2, -0.15) is 5.10 Å². The third-order valence-corrected chi connectivity index (χ3v) is 2.86. The Kier molecular flexibility index (Phi) is 4.48. The third kappa shape index (κ3) is 2.82. The zero-order chi connectivity index (χ0) is 9.84. The molecule has 0 spiro atoms. The molecule has 0 saturated carbocycles. The summed E-state index contributed by atoms with van der Waals surface area (Å²) in [6.45, 7) is 3.79. The molecule has 0 aliphatic heterocycles. The Morgan fingerprint density at radius 2 is 2.31 bits per heavy atom. The average Bonchev–Trinajstić information content (AvgIpc) is 2.32. The summed E-state index contributed by atoms with van der Waals surface area (Å²) in [6, 6.07) is 0. The van der Waals surface area contributed by atoms with Crippen LogP contribution in [0.2, 0.25) is 5.15 Å². The van der Waals surface area contributed by atoms with Crippen LogP contribution in [0.5, 0.6) is 0 Å². The van der Waals surface area contributed by atoms with Gasteiger partial charge in [-0.1, -0.05) is 34.2 Å². The maximum absolute atomic E-state index is 6.05. The van der Waals surface area contributed by atoms with Gasteiger partial charge in [-0.25, -0.2) is 0 Å². The molecule has 0 saturated heterocycles. The van der Waals surface area contributed by atoms with Crippen molar-refractivity contribution in [3.05, 3.63) is 16.4 Å². The van der Waals surface area contributed by atoms with Crippen LogP contribution < -0.4 is 5.32 Å². The number of nitrogens with zero attached hydrogens (tertiary/aromatic N) is 2. The van der Waals surface area contributed by atoms with Crippen LogP contribution >= 0.6 is 34.2 Å². The van der Waals surface area contributed by atoms with Gasteiger partial charge >= 0.3 is 0 Å². The highest BCUT2D eigenvalue weighted by molar-refractivity contribution is 14.1. The molecule has 74 valence electrons. The maximum atomic E-state index is 6.05. The fourth-order valence-corrected chi connectivity index (χ4v) is 1.78. The highest BCUT2D eigenvalue weighted by Gasteiger charge is 2.09. The summed E-state index contributed by atoms with van der Waals surface area (Å²) in [6.07, 6.45) is 0. The largest absolute Gasteiger partial charge is 0.312 e. The minimum Gasteiger partial charge on any atom is -0.312 e. The molecule has 0 unspecified atom stereocenters. The van der Waals surface area contributed by atoms with Gasteiger partial charge in [0.25, 0.3) is 0 Å². The van der Waals surface area contributed by atoms with Crippen molar-refractivity contribution < 1.29 is 0 Å². The van der Waals surface area contributed by atoms with E-state index in [0.717, 1.165) is 33.9 Å². The summed E-state index contributed by atoms with van der Waals surface area (Å²) in [4.78, 5) is 0. The van der Waals surface area contributed by atoms with E-state index in [-0.39, 0.29) is 0 Å². The van der Waals surface area contributed by atoms with E-state index in [1.165, 1.54) is 0 Å². The second kappa shape index (κ2) is 5.17. The molecule has 0 aliphatic carbocycles. The highest BCUT2D eigenvalue weighted by atomic mass is 127. The van der Waals surface area contributed by atoms with Crippen molar-refractivity contribution in [2.24, 2.45) is 7.05 Å². The number of rotatable bonds is 4. The molecule has 0 aromatic carbocycles. The Balaban J connectivity index is 2.64. The van der Waals surface area contributed by atoms with Gasteiger partial charge in [0.2, 0.25) is 0 Å². The Morgan fingerprint density at radius 1 is 1.62 bits per heavy atom. The number of aryl methyl sites for hydroxylation is 2. The van der Waals surface area contributed by atoms with Crippen LogP contribution in [0.4, 0.5) is 0 Å². The normalized spacial score (nSPS) is 10.8. The van der Waals surface area contributed by atoms with Crippen LogP contribution in [0.15, 0.2) is 0 Å². The molecule has 0 amide bonds. The SMILES string of the molecule is Cc1nn(C)c(Cl)c1CNCCI.